The Labute approximate surface area is 117 Å². The summed E-state index contributed by atoms with van der Waals surface area (Å²) in [7, 11) is 1.70. The maximum atomic E-state index is 11.7. The van der Waals surface area contributed by atoms with E-state index >= 15 is 0 Å². The van der Waals surface area contributed by atoms with E-state index in [2.05, 4.69) is 17.6 Å². The van der Waals surface area contributed by atoms with Crippen LogP contribution in [0.4, 0.5) is 4.79 Å². The quantitative estimate of drug-likeness (QED) is 0.713. The van der Waals surface area contributed by atoms with E-state index in [-0.39, 0.29) is 12.1 Å². The molecule has 0 fully saturated rings. The number of rotatable bonds is 8. The molecule has 0 aromatic carbocycles. The molecular weight excluding hydrogens is 244 g/mol. The molecule has 0 aromatic heterocycles. The number of methoxy groups -OCH3 is 1. The number of hydrogen-bond donors (Lipinski definition) is 2. The maximum Gasteiger partial charge on any atom is 0.407 e. The second-order valence-corrected chi connectivity index (χ2v) is 5.72. The Balaban J connectivity index is 4.10. The van der Waals surface area contributed by atoms with E-state index in [0.717, 1.165) is 19.4 Å². The van der Waals surface area contributed by atoms with Crippen LogP contribution in [0.5, 0.6) is 0 Å². The van der Waals surface area contributed by atoms with Crippen LogP contribution in [0.15, 0.2) is 0 Å². The number of amides is 1. The van der Waals surface area contributed by atoms with Gasteiger partial charge in [0.05, 0.1) is 6.61 Å². The molecule has 1 amide bonds. The second-order valence-electron chi connectivity index (χ2n) is 5.72. The Kier molecular flexibility index (Phi) is 8.76. The molecule has 2 unspecified atom stereocenters. The van der Waals surface area contributed by atoms with Crippen molar-refractivity contribution in [3.05, 3.63) is 0 Å². The summed E-state index contributed by atoms with van der Waals surface area (Å²) in [5.74, 6) is 0. The van der Waals surface area contributed by atoms with E-state index in [1.807, 2.05) is 27.7 Å². The van der Waals surface area contributed by atoms with E-state index < -0.39 is 5.60 Å². The minimum atomic E-state index is -0.461. The van der Waals surface area contributed by atoms with Gasteiger partial charge in [-0.3, -0.25) is 0 Å². The van der Waals surface area contributed by atoms with Gasteiger partial charge in [0, 0.05) is 25.7 Å². The van der Waals surface area contributed by atoms with Crippen LogP contribution in [-0.4, -0.2) is 44.0 Å². The highest BCUT2D eigenvalue weighted by atomic mass is 16.6. The molecule has 0 heterocycles. The zero-order chi connectivity index (χ0) is 14.9. The van der Waals surface area contributed by atoms with E-state index in [9.17, 15) is 4.79 Å². The van der Waals surface area contributed by atoms with Crippen molar-refractivity contribution in [3.8, 4) is 0 Å². The van der Waals surface area contributed by atoms with Crippen molar-refractivity contribution in [2.45, 2.75) is 65.1 Å². The first kappa shape index (κ1) is 18.2. The Morgan fingerprint density at radius 1 is 1.16 bits per heavy atom. The number of alkyl carbamates (subject to hydrolysis) is 1. The van der Waals surface area contributed by atoms with Crippen LogP contribution >= 0.6 is 0 Å². The molecule has 5 nitrogen and oxygen atoms in total. The maximum absolute atomic E-state index is 11.7. The predicted octanol–water partition coefficient (Wildman–Crippen LogP) is 2.30. The number of ether oxygens (including phenoxy) is 2. The monoisotopic (exact) mass is 274 g/mol. The van der Waals surface area contributed by atoms with Crippen LogP contribution in [0.1, 0.15) is 47.5 Å². The summed E-state index contributed by atoms with van der Waals surface area (Å²) in [6.07, 6.45) is 1.49. The molecule has 2 N–H and O–H groups in total. The van der Waals surface area contributed by atoms with Gasteiger partial charge in [0.25, 0.3) is 0 Å². The summed E-state index contributed by atoms with van der Waals surface area (Å²) in [6, 6.07) is 0.389. The van der Waals surface area contributed by atoms with Crippen molar-refractivity contribution in [2.24, 2.45) is 0 Å². The summed E-state index contributed by atoms with van der Waals surface area (Å²) in [5.41, 5.74) is -0.461. The number of nitrogens with one attached hydrogen (secondary N) is 2. The first-order chi connectivity index (χ1) is 8.82. The first-order valence-electron chi connectivity index (χ1n) is 7.04. The SMILES string of the molecule is CCC(COC)NCC(CC)NC(=O)OC(C)(C)C. The van der Waals surface area contributed by atoms with Crippen LogP contribution in [0.25, 0.3) is 0 Å². The smallest absolute Gasteiger partial charge is 0.407 e. The molecule has 19 heavy (non-hydrogen) atoms. The summed E-state index contributed by atoms with van der Waals surface area (Å²) in [6.45, 7) is 11.1. The van der Waals surface area contributed by atoms with Crippen LogP contribution in [0.2, 0.25) is 0 Å². The van der Waals surface area contributed by atoms with Crippen LogP contribution in [0, 0.1) is 0 Å². The fourth-order valence-corrected chi connectivity index (χ4v) is 1.60. The van der Waals surface area contributed by atoms with Crippen molar-refractivity contribution >= 4 is 6.09 Å². The highest BCUT2D eigenvalue weighted by molar-refractivity contribution is 5.68. The highest BCUT2D eigenvalue weighted by Crippen LogP contribution is 2.07. The number of carbonyl (C=O) groups is 1. The van der Waals surface area contributed by atoms with Gasteiger partial charge in [0.15, 0.2) is 0 Å². The lowest BCUT2D eigenvalue weighted by Gasteiger charge is -2.24. The molecule has 0 aliphatic carbocycles. The van der Waals surface area contributed by atoms with E-state index in [0.29, 0.717) is 12.6 Å². The summed E-state index contributed by atoms with van der Waals surface area (Å²) in [5, 5.41) is 6.27. The molecule has 0 bridgehead atoms. The summed E-state index contributed by atoms with van der Waals surface area (Å²) < 4.78 is 10.4. The minimum Gasteiger partial charge on any atom is -0.444 e. The zero-order valence-electron chi connectivity index (χ0n) is 13.2. The molecule has 0 aromatic rings. The van der Waals surface area contributed by atoms with E-state index in [1.54, 1.807) is 7.11 Å². The second kappa shape index (κ2) is 9.15. The minimum absolute atomic E-state index is 0.0701. The van der Waals surface area contributed by atoms with Crippen LogP contribution < -0.4 is 10.6 Å². The molecule has 2 atom stereocenters. The van der Waals surface area contributed by atoms with Gasteiger partial charge in [-0.15, -0.1) is 0 Å². The van der Waals surface area contributed by atoms with Gasteiger partial charge in [-0.05, 0) is 33.6 Å². The fraction of sp³-hybridized carbons (Fsp3) is 0.929. The third-order valence-corrected chi connectivity index (χ3v) is 2.73. The molecule has 0 saturated heterocycles. The molecule has 0 aliphatic rings. The third kappa shape index (κ3) is 9.73. The molecule has 0 rings (SSSR count). The van der Waals surface area contributed by atoms with Gasteiger partial charge in [0.2, 0.25) is 0 Å². The van der Waals surface area contributed by atoms with Crippen molar-refractivity contribution < 1.29 is 14.3 Å². The lowest BCUT2D eigenvalue weighted by molar-refractivity contribution is 0.0500. The van der Waals surface area contributed by atoms with Gasteiger partial charge in [-0.2, -0.15) is 0 Å². The Morgan fingerprint density at radius 3 is 2.16 bits per heavy atom. The topological polar surface area (TPSA) is 59.6 Å². The predicted molar refractivity (Wildman–Crippen MR) is 77.4 cm³/mol. The first-order valence-corrected chi connectivity index (χ1v) is 7.04. The van der Waals surface area contributed by atoms with E-state index in [1.165, 1.54) is 0 Å². The largest absolute Gasteiger partial charge is 0.444 e. The van der Waals surface area contributed by atoms with Crippen molar-refractivity contribution in [1.29, 1.82) is 0 Å². The Bertz CT molecular complexity index is 252. The van der Waals surface area contributed by atoms with Crippen LogP contribution in [0.3, 0.4) is 0 Å². The Morgan fingerprint density at radius 2 is 1.74 bits per heavy atom. The Hall–Kier alpha value is -0.810. The summed E-state index contributed by atoms with van der Waals surface area (Å²) >= 11 is 0. The van der Waals surface area contributed by atoms with Gasteiger partial charge < -0.3 is 20.1 Å². The summed E-state index contributed by atoms with van der Waals surface area (Å²) in [4.78, 5) is 11.7. The van der Waals surface area contributed by atoms with Gasteiger partial charge in [0.1, 0.15) is 5.60 Å². The average molecular weight is 274 g/mol. The zero-order valence-corrected chi connectivity index (χ0v) is 13.2. The van der Waals surface area contributed by atoms with Gasteiger partial charge in [-0.1, -0.05) is 13.8 Å². The third-order valence-electron chi connectivity index (χ3n) is 2.73. The van der Waals surface area contributed by atoms with Crippen molar-refractivity contribution in [2.75, 3.05) is 20.3 Å². The van der Waals surface area contributed by atoms with Gasteiger partial charge in [-0.25, -0.2) is 4.79 Å². The molecular formula is C14H30N2O3. The molecule has 0 radical (unpaired) electrons. The lowest BCUT2D eigenvalue weighted by atomic mass is 10.2. The molecule has 0 spiro atoms. The lowest BCUT2D eigenvalue weighted by Crippen LogP contribution is -2.46. The van der Waals surface area contributed by atoms with Crippen molar-refractivity contribution in [1.82, 2.24) is 10.6 Å². The molecule has 5 heteroatoms. The highest BCUT2D eigenvalue weighted by Gasteiger charge is 2.19. The van der Waals surface area contributed by atoms with E-state index in [4.69, 9.17) is 9.47 Å². The van der Waals surface area contributed by atoms with Crippen LogP contribution in [-0.2, 0) is 9.47 Å². The standard InChI is InChI=1S/C14H30N2O3/c1-7-11(9-15-12(8-2)10-18-6)16-13(17)19-14(3,4)5/h11-12,15H,7-10H2,1-6H3,(H,16,17). The average Bonchev–Trinajstić information content (AvgIpc) is 2.30. The molecule has 0 aliphatic heterocycles. The number of carbonyl (C=O) groups excluding carboxylic acids is 1. The molecule has 0 saturated carbocycles. The fourth-order valence-electron chi connectivity index (χ4n) is 1.60. The van der Waals surface area contributed by atoms with Crippen molar-refractivity contribution in [3.63, 3.8) is 0 Å². The number of hydrogen-bond acceptors (Lipinski definition) is 4. The van der Waals surface area contributed by atoms with Gasteiger partial charge >= 0.3 is 6.09 Å². The molecule has 114 valence electrons. The normalized spacial score (nSPS) is 14.8.